The van der Waals surface area contributed by atoms with Gasteiger partial charge in [0.1, 0.15) is 5.75 Å². The molecule has 1 heterocycles. The van der Waals surface area contributed by atoms with E-state index in [1.54, 1.807) is 13.1 Å². The molecule has 0 aromatic heterocycles. The Balaban J connectivity index is 0.00000341. The van der Waals surface area contributed by atoms with Crippen LogP contribution in [0.4, 0.5) is 5.69 Å². The normalized spacial score (nSPS) is 16.3. The molecular formula is C23H32IN5O2. The molecule has 0 saturated carbocycles. The van der Waals surface area contributed by atoms with Crippen LogP contribution < -0.4 is 26.0 Å². The summed E-state index contributed by atoms with van der Waals surface area (Å²) in [5.41, 5.74) is 8.71. The third kappa shape index (κ3) is 7.93. The van der Waals surface area contributed by atoms with E-state index in [1.165, 1.54) is 11.3 Å². The van der Waals surface area contributed by atoms with Crippen molar-refractivity contribution in [2.24, 2.45) is 10.7 Å². The number of piperidine rings is 1. The largest absolute Gasteiger partial charge is 0.484 e. The summed E-state index contributed by atoms with van der Waals surface area (Å²) in [5, 5.41) is 6.91. The minimum atomic E-state index is -0.490. The monoisotopic (exact) mass is 537 g/mol. The van der Waals surface area contributed by atoms with Crippen molar-refractivity contribution in [2.45, 2.75) is 32.4 Å². The summed E-state index contributed by atoms with van der Waals surface area (Å²) in [5.74, 6) is 0.904. The Labute approximate surface area is 201 Å². The van der Waals surface area contributed by atoms with Gasteiger partial charge in [-0.1, -0.05) is 29.8 Å². The van der Waals surface area contributed by atoms with Crippen molar-refractivity contribution in [3.05, 3.63) is 59.7 Å². The quantitative estimate of drug-likeness (QED) is 0.287. The molecule has 7 nitrogen and oxygen atoms in total. The highest BCUT2D eigenvalue weighted by Crippen LogP contribution is 2.20. The number of hydrogen-bond acceptors (Lipinski definition) is 4. The van der Waals surface area contributed by atoms with Gasteiger partial charge in [0.15, 0.2) is 12.6 Å². The third-order valence-electron chi connectivity index (χ3n) is 5.12. The van der Waals surface area contributed by atoms with E-state index < -0.39 is 5.91 Å². The number of primary amides is 1. The second-order valence-corrected chi connectivity index (χ2v) is 7.59. The van der Waals surface area contributed by atoms with Crippen molar-refractivity contribution in [1.82, 2.24) is 10.6 Å². The predicted octanol–water partition coefficient (Wildman–Crippen LogP) is 2.81. The topological polar surface area (TPSA) is 92.0 Å². The van der Waals surface area contributed by atoms with Gasteiger partial charge in [0.05, 0.1) is 0 Å². The Bertz CT molecular complexity index is 873. The summed E-state index contributed by atoms with van der Waals surface area (Å²) < 4.78 is 5.37. The van der Waals surface area contributed by atoms with Crippen molar-refractivity contribution < 1.29 is 9.53 Å². The molecule has 31 heavy (non-hydrogen) atoms. The van der Waals surface area contributed by atoms with Crippen LogP contribution in [0.1, 0.15) is 24.0 Å². The molecule has 1 saturated heterocycles. The predicted molar refractivity (Wildman–Crippen MR) is 136 cm³/mol. The van der Waals surface area contributed by atoms with Crippen LogP contribution in [0.5, 0.6) is 5.75 Å². The smallest absolute Gasteiger partial charge is 0.255 e. The minimum absolute atomic E-state index is 0. The fourth-order valence-corrected chi connectivity index (χ4v) is 3.56. The van der Waals surface area contributed by atoms with Gasteiger partial charge in [0.25, 0.3) is 5.91 Å². The highest BCUT2D eigenvalue weighted by molar-refractivity contribution is 14.0. The SMILES string of the molecule is CN=C(NCc1cccc(OCC(N)=O)c1)NC1CCCN(c2ccc(C)cc2)C1.I. The van der Waals surface area contributed by atoms with E-state index >= 15 is 0 Å². The lowest BCUT2D eigenvalue weighted by atomic mass is 10.0. The number of amides is 1. The first-order valence-electron chi connectivity index (χ1n) is 10.3. The van der Waals surface area contributed by atoms with E-state index in [2.05, 4.69) is 51.7 Å². The van der Waals surface area contributed by atoms with Crippen LogP contribution in [0.2, 0.25) is 0 Å². The Morgan fingerprint density at radius 1 is 1.26 bits per heavy atom. The first kappa shape index (κ1) is 24.8. The molecule has 1 aliphatic heterocycles. The van der Waals surface area contributed by atoms with Crippen LogP contribution >= 0.6 is 24.0 Å². The third-order valence-corrected chi connectivity index (χ3v) is 5.12. The molecule has 1 amide bonds. The molecule has 168 valence electrons. The van der Waals surface area contributed by atoms with Crippen molar-refractivity contribution in [1.29, 1.82) is 0 Å². The number of nitrogens with one attached hydrogen (secondary N) is 2. The van der Waals surface area contributed by atoms with E-state index in [-0.39, 0.29) is 30.6 Å². The standard InChI is InChI=1S/C23H31N5O2.HI/c1-17-8-10-20(11-9-17)28-12-4-6-19(15-28)27-23(25-2)26-14-18-5-3-7-21(13-18)30-16-22(24)29;/h3,5,7-11,13,19H,4,6,12,14-16H2,1-2H3,(H2,24,29)(H2,25,26,27);1H. The molecule has 3 rings (SSSR count). The van der Waals surface area contributed by atoms with Gasteiger partial charge in [-0.25, -0.2) is 0 Å². The fourth-order valence-electron chi connectivity index (χ4n) is 3.56. The van der Waals surface area contributed by atoms with E-state index in [0.717, 1.165) is 37.5 Å². The van der Waals surface area contributed by atoms with Gasteiger partial charge in [-0.2, -0.15) is 0 Å². The zero-order chi connectivity index (χ0) is 21.3. The Hall–Kier alpha value is -2.49. The van der Waals surface area contributed by atoms with E-state index in [1.807, 2.05) is 18.2 Å². The van der Waals surface area contributed by atoms with Gasteiger partial charge < -0.3 is 26.0 Å². The first-order chi connectivity index (χ1) is 14.5. The maximum absolute atomic E-state index is 10.9. The van der Waals surface area contributed by atoms with Crippen LogP contribution in [0.25, 0.3) is 0 Å². The molecule has 0 aliphatic carbocycles. The molecule has 2 aromatic carbocycles. The number of anilines is 1. The average molecular weight is 537 g/mol. The number of aliphatic imine (C=N–C) groups is 1. The number of carbonyl (C=O) groups excluding carboxylic acids is 1. The number of carbonyl (C=O) groups is 1. The maximum Gasteiger partial charge on any atom is 0.255 e. The molecular weight excluding hydrogens is 505 g/mol. The van der Waals surface area contributed by atoms with E-state index in [0.29, 0.717) is 18.3 Å². The first-order valence-corrected chi connectivity index (χ1v) is 10.3. The summed E-state index contributed by atoms with van der Waals surface area (Å²) in [4.78, 5) is 17.7. The number of halogens is 1. The van der Waals surface area contributed by atoms with Crippen molar-refractivity contribution in [3.63, 3.8) is 0 Å². The minimum Gasteiger partial charge on any atom is -0.484 e. The summed E-state index contributed by atoms with van der Waals surface area (Å²) in [7, 11) is 1.78. The molecule has 1 unspecified atom stereocenters. The molecule has 4 N–H and O–H groups in total. The lowest BCUT2D eigenvalue weighted by Crippen LogP contribution is -2.51. The van der Waals surface area contributed by atoms with Crippen LogP contribution in [0, 0.1) is 6.92 Å². The number of aryl methyl sites for hydroxylation is 1. The lowest BCUT2D eigenvalue weighted by Gasteiger charge is -2.35. The fraction of sp³-hybridized carbons (Fsp3) is 0.391. The zero-order valence-corrected chi connectivity index (χ0v) is 20.5. The highest BCUT2D eigenvalue weighted by Gasteiger charge is 2.21. The molecule has 0 spiro atoms. The van der Waals surface area contributed by atoms with Crippen LogP contribution in [0.3, 0.4) is 0 Å². The van der Waals surface area contributed by atoms with Crippen molar-refractivity contribution in [3.8, 4) is 5.75 Å². The average Bonchev–Trinajstić information content (AvgIpc) is 2.76. The number of benzene rings is 2. The van der Waals surface area contributed by atoms with Gasteiger partial charge >= 0.3 is 0 Å². The Morgan fingerprint density at radius 2 is 2.03 bits per heavy atom. The highest BCUT2D eigenvalue weighted by atomic mass is 127. The molecule has 0 radical (unpaired) electrons. The maximum atomic E-state index is 10.9. The van der Waals surface area contributed by atoms with Crippen LogP contribution in [0.15, 0.2) is 53.5 Å². The molecule has 8 heteroatoms. The lowest BCUT2D eigenvalue weighted by molar-refractivity contribution is -0.119. The second kappa shape index (κ2) is 12.4. The van der Waals surface area contributed by atoms with Crippen LogP contribution in [-0.4, -0.2) is 44.7 Å². The molecule has 1 fully saturated rings. The van der Waals surface area contributed by atoms with Gasteiger partial charge in [-0.15, -0.1) is 24.0 Å². The molecule has 1 atom stereocenters. The van der Waals surface area contributed by atoms with E-state index in [9.17, 15) is 4.79 Å². The molecule has 0 bridgehead atoms. The van der Waals surface area contributed by atoms with Gasteiger partial charge in [-0.3, -0.25) is 9.79 Å². The number of nitrogens with zero attached hydrogens (tertiary/aromatic N) is 2. The number of guanidine groups is 1. The van der Waals surface area contributed by atoms with Gasteiger partial charge in [0.2, 0.25) is 0 Å². The summed E-state index contributed by atoms with van der Waals surface area (Å²) >= 11 is 0. The van der Waals surface area contributed by atoms with Gasteiger partial charge in [-0.05, 0) is 49.6 Å². The Morgan fingerprint density at radius 3 is 2.74 bits per heavy atom. The van der Waals surface area contributed by atoms with E-state index in [4.69, 9.17) is 10.5 Å². The summed E-state index contributed by atoms with van der Waals surface area (Å²) in [6, 6.07) is 16.6. The Kier molecular flexibility index (Phi) is 9.90. The number of rotatable bonds is 7. The second-order valence-electron chi connectivity index (χ2n) is 7.59. The van der Waals surface area contributed by atoms with Crippen LogP contribution in [-0.2, 0) is 11.3 Å². The molecule has 2 aromatic rings. The summed E-state index contributed by atoms with van der Waals surface area (Å²) in [6.07, 6.45) is 2.25. The molecule has 1 aliphatic rings. The summed E-state index contributed by atoms with van der Waals surface area (Å²) in [6.45, 7) is 4.60. The van der Waals surface area contributed by atoms with Gasteiger partial charge in [0, 0.05) is 38.4 Å². The zero-order valence-electron chi connectivity index (χ0n) is 18.1. The van der Waals surface area contributed by atoms with Crippen molar-refractivity contribution >= 4 is 41.5 Å². The number of ether oxygens (including phenoxy) is 1. The number of hydrogen-bond donors (Lipinski definition) is 3. The van der Waals surface area contributed by atoms with Crippen molar-refractivity contribution in [2.75, 3.05) is 31.6 Å². The number of nitrogens with two attached hydrogens (primary N) is 1.